The van der Waals surface area contributed by atoms with E-state index in [4.69, 9.17) is 37.9 Å². The minimum atomic E-state index is -1.93. The molecular weight excluding hydrogens is 608 g/mol. The summed E-state index contributed by atoms with van der Waals surface area (Å²) in [6.45, 7) is -2.95. The topological polar surface area (TPSA) is 317 Å². The maximum absolute atomic E-state index is 11.0. The van der Waals surface area contributed by atoms with Crippen molar-refractivity contribution < 1.29 is 99.2 Å². The van der Waals surface area contributed by atoms with Crippen LogP contribution in [0, 0.1) is 0 Å². The lowest BCUT2D eigenvalue weighted by atomic mass is 9.96. The Morgan fingerprint density at radius 2 is 0.727 bits per heavy atom. The van der Waals surface area contributed by atoms with Crippen LogP contribution < -0.4 is 0 Å². The molecule has 0 aromatic heterocycles. The molecule has 5 aliphatic rings. The Kier molecular flexibility index (Phi) is 11.1. The number of fused-ring (bicyclic) bond motifs is 8. The Labute approximate surface area is 249 Å². The zero-order valence-corrected chi connectivity index (χ0v) is 23.0. The minimum Gasteiger partial charge on any atom is -0.394 e. The summed E-state index contributed by atoms with van der Waals surface area (Å²) in [4.78, 5) is 0. The van der Waals surface area contributed by atoms with Crippen molar-refractivity contribution in [3.05, 3.63) is 0 Å². The first-order chi connectivity index (χ1) is 20.9. The molecule has 256 valence electrons. The highest BCUT2D eigenvalue weighted by Crippen LogP contribution is 2.33. The summed E-state index contributed by atoms with van der Waals surface area (Å²) in [6.07, 6.45) is -34.8. The van der Waals surface area contributed by atoms with Crippen molar-refractivity contribution in [3.63, 3.8) is 0 Å². The van der Waals surface area contributed by atoms with E-state index in [0.29, 0.717) is 0 Å². The van der Waals surface area contributed by atoms with Gasteiger partial charge < -0.3 is 99.2 Å². The number of rotatable bonds is 2. The van der Waals surface area contributed by atoms with Gasteiger partial charge in [-0.2, -0.15) is 0 Å². The molecule has 0 aromatic carbocycles. The molecule has 0 spiro atoms. The van der Waals surface area contributed by atoms with Gasteiger partial charge in [-0.05, 0) is 0 Å². The summed E-state index contributed by atoms with van der Waals surface area (Å²) in [5.74, 6) is 0. The van der Waals surface area contributed by atoms with Gasteiger partial charge in [0.1, 0.15) is 97.7 Å². The van der Waals surface area contributed by atoms with Gasteiger partial charge in [0.2, 0.25) is 0 Å². The van der Waals surface area contributed by atoms with Crippen LogP contribution in [-0.2, 0) is 37.9 Å². The molecule has 5 heterocycles. The lowest BCUT2D eigenvalue weighted by Crippen LogP contribution is -2.67. The first kappa shape index (κ1) is 34.5. The van der Waals surface area contributed by atoms with Crippen molar-refractivity contribution in [2.45, 2.75) is 123 Å². The molecule has 5 aliphatic heterocycles. The van der Waals surface area contributed by atoms with Crippen molar-refractivity contribution >= 4 is 0 Å². The Bertz CT molecular complexity index is 860. The Balaban J connectivity index is 1.47. The lowest BCUT2D eigenvalue weighted by molar-refractivity contribution is -0.383. The van der Waals surface area contributed by atoms with Crippen molar-refractivity contribution in [1.29, 1.82) is 0 Å². The molecular formula is C24H40O20. The van der Waals surface area contributed by atoms with Gasteiger partial charge >= 0.3 is 0 Å². The molecule has 0 saturated carbocycles. The molecule has 20 nitrogen and oxygen atoms in total. The highest BCUT2D eigenvalue weighted by molar-refractivity contribution is 4.97. The summed E-state index contributed by atoms with van der Waals surface area (Å²) in [7, 11) is 0. The van der Waals surface area contributed by atoms with Gasteiger partial charge in [0.05, 0.1) is 26.4 Å². The molecule has 44 heavy (non-hydrogen) atoms. The summed E-state index contributed by atoms with van der Waals surface area (Å²) in [5.41, 5.74) is 0. The van der Waals surface area contributed by atoms with Crippen LogP contribution in [0.25, 0.3) is 0 Å². The zero-order chi connectivity index (χ0) is 32.0. The van der Waals surface area contributed by atoms with E-state index in [9.17, 15) is 61.3 Å². The van der Waals surface area contributed by atoms with Crippen molar-refractivity contribution in [3.8, 4) is 0 Å². The third kappa shape index (κ3) is 6.50. The van der Waals surface area contributed by atoms with Crippen LogP contribution in [0.2, 0.25) is 0 Å². The van der Waals surface area contributed by atoms with Gasteiger partial charge in [0.15, 0.2) is 25.2 Å². The summed E-state index contributed by atoms with van der Waals surface area (Å²) in [5, 5.41) is 126. The van der Waals surface area contributed by atoms with E-state index in [1.165, 1.54) is 0 Å². The molecule has 0 amide bonds. The van der Waals surface area contributed by atoms with Crippen LogP contribution in [0.4, 0.5) is 0 Å². The molecule has 12 N–H and O–H groups in total. The quantitative estimate of drug-likeness (QED) is 0.132. The molecule has 5 rings (SSSR count). The van der Waals surface area contributed by atoms with Crippen LogP contribution in [0.15, 0.2) is 0 Å². The molecule has 5 fully saturated rings. The van der Waals surface area contributed by atoms with E-state index in [-0.39, 0.29) is 0 Å². The van der Waals surface area contributed by atoms with Gasteiger partial charge in [-0.25, -0.2) is 0 Å². The maximum Gasteiger partial charge on any atom is 0.187 e. The summed E-state index contributed by atoms with van der Waals surface area (Å²) >= 11 is 0. The number of hydrogen-bond donors (Lipinski definition) is 12. The van der Waals surface area contributed by atoms with E-state index in [2.05, 4.69) is 0 Å². The Morgan fingerprint density at radius 1 is 0.364 bits per heavy atom. The predicted octanol–water partition coefficient (Wildman–Crippen LogP) is -8.70. The van der Waals surface area contributed by atoms with Crippen molar-refractivity contribution in [2.24, 2.45) is 0 Å². The first-order valence-corrected chi connectivity index (χ1v) is 14.1. The molecule has 20 atom stereocenters. The highest BCUT2D eigenvalue weighted by atomic mass is 16.8. The van der Waals surface area contributed by atoms with E-state index < -0.39 is 149 Å². The van der Waals surface area contributed by atoms with Crippen LogP contribution in [0.1, 0.15) is 0 Å². The monoisotopic (exact) mass is 648 g/mol. The maximum atomic E-state index is 11.0. The molecule has 20 heteroatoms. The standard InChI is InChI=1S/C24H40O20/c25-1-5-11(29)19-17(35)21(39-5)37-3-7-9(27)14(32)16(34)24(42-7)44-20-12(30)6(2-26)40-22(18(20)36)38-4-8-10(28)13(31)15(33)23(41-8)43-19/h5-36H,1-4H2/t5-,6+,7+,8-,9+,10-,11-,12+,13+,14-,15+,16-,17+,18-,19+,20-,21+,22-,23-,24+. The van der Waals surface area contributed by atoms with Gasteiger partial charge in [0, 0.05) is 0 Å². The van der Waals surface area contributed by atoms with Crippen LogP contribution in [-0.4, -0.2) is 211 Å². The van der Waals surface area contributed by atoms with E-state index in [0.717, 1.165) is 0 Å². The second-order valence-corrected chi connectivity index (χ2v) is 11.3. The van der Waals surface area contributed by atoms with E-state index in [1.807, 2.05) is 0 Å². The summed E-state index contributed by atoms with van der Waals surface area (Å²) < 4.78 is 44.3. The van der Waals surface area contributed by atoms with E-state index in [1.54, 1.807) is 0 Å². The van der Waals surface area contributed by atoms with Crippen molar-refractivity contribution in [1.82, 2.24) is 0 Å². The number of ether oxygens (including phenoxy) is 8. The minimum absolute atomic E-state index is 0.674. The number of aliphatic hydroxyl groups excluding tert-OH is 12. The van der Waals surface area contributed by atoms with Crippen LogP contribution in [0.5, 0.6) is 0 Å². The fourth-order valence-corrected chi connectivity index (χ4v) is 5.73. The molecule has 0 aliphatic carbocycles. The van der Waals surface area contributed by atoms with Crippen molar-refractivity contribution in [2.75, 3.05) is 26.4 Å². The Morgan fingerprint density at radius 3 is 1.07 bits per heavy atom. The van der Waals surface area contributed by atoms with Crippen LogP contribution >= 0.6 is 0 Å². The number of aliphatic hydroxyl groups is 12. The highest BCUT2D eigenvalue weighted by Gasteiger charge is 2.54. The normalized spacial score (nSPS) is 55.9. The zero-order valence-electron chi connectivity index (χ0n) is 23.0. The molecule has 0 aromatic rings. The number of hydrogen-bond acceptors (Lipinski definition) is 20. The SMILES string of the molecule is OC[C@@H]1O[C@H]2OC[C@H]3O[C@H](O[C@@H]4[C@H](O)[C@@H](OC[C@@H]5O[C@@H](O[C@H]([C@H]1O)[C@H]2O)[C@H](O)[C@H](O)[C@H]5O)O[C@H](CO)[C@H]4O)[C@@H](O)[C@@H](O)[C@@H]3O. The molecule has 0 radical (unpaired) electrons. The second kappa shape index (κ2) is 14.1. The van der Waals surface area contributed by atoms with Crippen LogP contribution in [0.3, 0.4) is 0 Å². The fourth-order valence-electron chi connectivity index (χ4n) is 5.73. The first-order valence-electron chi connectivity index (χ1n) is 14.1. The third-order valence-electron chi connectivity index (χ3n) is 8.41. The molecule has 8 bridgehead atoms. The summed E-state index contributed by atoms with van der Waals surface area (Å²) in [6, 6.07) is 0. The lowest BCUT2D eigenvalue weighted by Gasteiger charge is -2.48. The third-order valence-corrected chi connectivity index (χ3v) is 8.41. The van der Waals surface area contributed by atoms with Gasteiger partial charge in [-0.1, -0.05) is 0 Å². The van der Waals surface area contributed by atoms with Gasteiger partial charge in [-0.15, -0.1) is 0 Å². The largest absolute Gasteiger partial charge is 0.394 e. The second-order valence-electron chi connectivity index (χ2n) is 11.3. The van der Waals surface area contributed by atoms with Gasteiger partial charge in [-0.3, -0.25) is 0 Å². The molecule has 5 saturated heterocycles. The average molecular weight is 649 g/mol. The fraction of sp³-hybridized carbons (Fsp3) is 1.00. The van der Waals surface area contributed by atoms with E-state index >= 15 is 0 Å². The van der Waals surface area contributed by atoms with Gasteiger partial charge in [0.25, 0.3) is 0 Å². The molecule has 0 unspecified atom stereocenters. The predicted molar refractivity (Wildman–Crippen MR) is 131 cm³/mol. The average Bonchev–Trinajstić information content (AvgIpc) is 3.01. The smallest absolute Gasteiger partial charge is 0.187 e. The Hall–Kier alpha value is -0.800.